The first kappa shape index (κ1) is 11.6. The Labute approximate surface area is 87.8 Å². The van der Waals surface area contributed by atoms with E-state index in [9.17, 15) is 10.1 Å². The number of ether oxygens (including phenoxy) is 2. The summed E-state index contributed by atoms with van der Waals surface area (Å²) in [7, 11) is 2.69. The van der Waals surface area contributed by atoms with E-state index >= 15 is 0 Å². The molecular formula is C10H12NO4. The highest BCUT2D eigenvalue weighted by molar-refractivity contribution is 5.20. The van der Waals surface area contributed by atoms with Gasteiger partial charge in [0, 0.05) is 24.7 Å². The van der Waals surface area contributed by atoms with Gasteiger partial charge in [0.15, 0.2) is 0 Å². The van der Waals surface area contributed by atoms with Crippen LogP contribution in [0.2, 0.25) is 0 Å². The molecule has 1 atom stereocenters. The van der Waals surface area contributed by atoms with Gasteiger partial charge in [0.2, 0.25) is 0 Å². The predicted octanol–water partition coefficient (Wildman–Crippen LogP) is 1.79. The van der Waals surface area contributed by atoms with E-state index < -0.39 is 11.0 Å². The fourth-order valence-electron chi connectivity index (χ4n) is 1.29. The van der Waals surface area contributed by atoms with Crippen molar-refractivity contribution >= 4 is 0 Å². The van der Waals surface area contributed by atoms with E-state index in [1.54, 1.807) is 30.3 Å². The SMILES string of the molecule is CO[C](OC)C(c1ccccc1)[N+](=O)[O-]. The number of rotatable bonds is 5. The van der Waals surface area contributed by atoms with Gasteiger partial charge in [-0.1, -0.05) is 30.3 Å². The summed E-state index contributed by atoms with van der Waals surface area (Å²) >= 11 is 0. The van der Waals surface area contributed by atoms with Crippen molar-refractivity contribution in [3.8, 4) is 0 Å². The second-order valence-electron chi connectivity index (χ2n) is 2.83. The second kappa shape index (κ2) is 5.43. The molecule has 0 amide bonds. The molecule has 0 saturated heterocycles. The minimum atomic E-state index is -1.08. The molecule has 1 aromatic rings. The summed E-state index contributed by atoms with van der Waals surface area (Å²) in [6, 6.07) is 7.49. The van der Waals surface area contributed by atoms with Crippen molar-refractivity contribution in [1.82, 2.24) is 0 Å². The van der Waals surface area contributed by atoms with E-state index in [0.29, 0.717) is 5.56 Å². The fraction of sp³-hybridized carbons (Fsp3) is 0.300. The Kier molecular flexibility index (Phi) is 4.20. The molecule has 5 nitrogen and oxygen atoms in total. The van der Waals surface area contributed by atoms with Crippen LogP contribution in [0.3, 0.4) is 0 Å². The summed E-state index contributed by atoms with van der Waals surface area (Å²) < 4.78 is 9.66. The van der Waals surface area contributed by atoms with Crippen LogP contribution in [0.1, 0.15) is 11.6 Å². The summed E-state index contributed by atoms with van der Waals surface area (Å²) in [5.41, 5.74) is 0.529. The van der Waals surface area contributed by atoms with E-state index in [1.807, 2.05) is 0 Å². The van der Waals surface area contributed by atoms with Gasteiger partial charge in [0.1, 0.15) is 0 Å². The number of hydrogen-bond acceptors (Lipinski definition) is 4. The Bertz CT molecular complexity index is 310. The molecule has 5 heteroatoms. The molecule has 0 aromatic heterocycles. The molecule has 15 heavy (non-hydrogen) atoms. The molecule has 0 N–H and O–H groups in total. The van der Waals surface area contributed by atoms with Crippen molar-refractivity contribution in [2.75, 3.05) is 14.2 Å². The van der Waals surface area contributed by atoms with Gasteiger partial charge in [0.25, 0.3) is 6.04 Å². The zero-order chi connectivity index (χ0) is 11.3. The van der Waals surface area contributed by atoms with Gasteiger partial charge < -0.3 is 9.47 Å². The number of nitro groups is 1. The Morgan fingerprint density at radius 3 is 2.20 bits per heavy atom. The first-order valence-corrected chi connectivity index (χ1v) is 4.34. The van der Waals surface area contributed by atoms with Crippen LogP contribution in [0.4, 0.5) is 0 Å². The third-order valence-corrected chi connectivity index (χ3v) is 1.95. The summed E-state index contributed by atoms with van der Waals surface area (Å²) in [5, 5.41) is 10.9. The summed E-state index contributed by atoms with van der Waals surface area (Å²) in [4.78, 5) is 10.4. The molecule has 1 rings (SSSR count). The average Bonchev–Trinajstić information content (AvgIpc) is 2.26. The van der Waals surface area contributed by atoms with Crippen molar-refractivity contribution in [2.24, 2.45) is 0 Å². The molecule has 0 spiro atoms. The molecule has 0 aliphatic heterocycles. The predicted molar refractivity (Wildman–Crippen MR) is 53.4 cm³/mol. The van der Waals surface area contributed by atoms with Crippen LogP contribution in [0.25, 0.3) is 0 Å². The van der Waals surface area contributed by atoms with E-state index in [-0.39, 0.29) is 6.29 Å². The number of nitrogens with zero attached hydrogens (tertiary/aromatic N) is 1. The lowest BCUT2D eigenvalue weighted by Gasteiger charge is -2.15. The molecule has 0 fully saturated rings. The Morgan fingerprint density at radius 2 is 1.80 bits per heavy atom. The minimum absolute atomic E-state index is 0.0220. The largest absolute Gasteiger partial charge is 0.343 e. The number of methoxy groups -OCH3 is 2. The van der Waals surface area contributed by atoms with Crippen LogP contribution in [0.15, 0.2) is 30.3 Å². The van der Waals surface area contributed by atoms with Gasteiger partial charge in [-0.25, -0.2) is 0 Å². The lowest BCUT2D eigenvalue weighted by atomic mass is 10.1. The zero-order valence-electron chi connectivity index (χ0n) is 8.54. The monoisotopic (exact) mass is 210 g/mol. The summed E-state index contributed by atoms with van der Waals surface area (Å²) in [6.07, 6.45) is -0.0220. The molecular weight excluding hydrogens is 198 g/mol. The minimum Gasteiger partial charge on any atom is -0.343 e. The van der Waals surface area contributed by atoms with E-state index in [0.717, 1.165) is 0 Å². The highest BCUT2D eigenvalue weighted by atomic mass is 16.7. The van der Waals surface area contributed by atoms with Gasteiger partial charge in [-0.2, -0.15) is 0 Å². The van der Waals surface area contributed by atoms with E-state index in [1.165, 1.54) is 14.2 Å². The van der Waals surface area contributed by atoms with Gasteiger partial charge in [0.05, 0.1) is 0 Å². The number of hydrogen-bond donors (Lipinski definition) is 0. The zero-order valence-corrected chi connectivity index (χ0v) is 8.54. The maximum atomic E-state index is 10.9. The lowest BCUT2D eigenvalue weighted by molar-refractivity contribution is -0.538. The van der Waals surface area contributed by atoms with Crippen LogP contribution >= 0.6 is 0 Å². The maximum Gasteiger partial charge on any atom is 0.305 e. The molecule has 1 radical (unpaired) electrons. The highest BCUT2D eigenvalue weighted by Gasteiger charge is 2.35. The van der Waals surface area contributed by atoms with Crippen molar-refractivity contribution in [2.45, 2.75) is 6.04 Å². The maximum absolute atomic E-state index is 10.9. The van der Waals surface area contributed by atoms with Crippen LogP contribution in [0.5, 0.6) is 0 Å². The third kappa shape index (κ3) is 2.74. The molecule has 0 saturated carbocycles. The van der Waals surface area contributed by atoms with Gasteiger partial charge in [-0.3, -0.25) is 10.1 Å². The Balaban J connectivity index is 2.97. The lowest BCUT2D eigenvalue weighted by Crippen LogP contribution is -2.22. The third-order valence-electron chi connectivity index (χ3n) is 1.95. The van der Waals surface area contributed by atoms with Crippen molar-refractivity contribution < 1.29 is 14.4 Å². The quantitative estimate of drug-likeness (QED) is 0.549. The van der Waals surface area contributed by atoms with Crippen LogP contribution in [-0.4, -0.2) is 19.1 Å². The normalized spacial score (nSPS) is 12.7. The topological polar surface area (TPSA) is 61.6 Å². The fourth-order valence-corrected chi connectivity index (χ4v) is 1.29. The Morgan fingerprint density at radius 1 is 1.27 bits per heavy atom. The van der Waals surface area contributed by atoms with E-state index in [2.05, 4.69) is 0 Å². The van der Waals surface area contributed by atoms with Crippen molar-refractivity contribution in [1.29, 1.82) is 0 Å². The molecule has 0 aliphatic rings. The van der Waals surface area contributed by atoms with Crippen LogP contribution in [0, 0.1) is 16.4 Å². The summed E-state index contributed by atoms with van der Waals surface area (Å²) in [5.74, 6) is 0. The second-order valence-corrected chi connectivity index (χ2v) is 2.83. The average molecular weight is 210 g/mol. The summed E-state index contributed by atoms with van der Waals surface area (Å²) in [6.45, 7) is 0. The van der Waals surface area contributed by atoms with Crippen LogP contribution < -0.4 is 0 Å². The molecule has 0 aliphatic carbocycles. The van der Waals surface area contributed by atoms with Gasteiger partial charge in [-0.15, -0.1) is 0 Å². The highest BCUT2D eigenvalue weighted by Crippen LogP contribution is 2.27. The smallest absolute Gasteiger partial charge is 0.305 e. The van der Waals surface area contributed by atoms with Crippen molar-refractivity contribution in [3.05, 3.63) is 52.3 Å². The standard InChI is InChI=1S/C10H12NO4/c1-14-10(15-2)9(11(12)13)8-6-4-3-5-7-8/h3-7,9H,1-2H3. The molecule has 0 heterocycles. The van der Waals surface area contributed by atoms with E-state index in [4.69, 9.17) is 9.47 Å². The number of benzene rings is 1. The van der Waals surface area contributed by atoms with Crippen molar-refractivity contribution in [3.63, 3.8) is 0 Å². The molecule has 1 unspecified atom stereocenters. The molecule has 0 bridgehead atoms. The van der Waals surface area contributed by atoms with Gasteiger partial charge >= 0.3 is 6.29 Å². The molecule has 81 valence electrons. The van der Waals surface area contributed by atoms with Gasteiger partial charge in [-0.05, 0) is 0 Å². The molecule has 1 aromatic carbocycles. The first-order valence-electron chi connectivity index (χ1n) is 4.34. The Hall–Kier alpha value is -1.46. The van der Waals surface area contributed by atoms with Crippen LogP contribution in [-0.2, 0) is 9.47 Å². The first-order chi connectivity index (χ1) is 7.20.